The number of fused-ring (bicyclic) bond motifs is 1. The minimum Gasteiger partial charge on any atom is -0.360 e. The lowest BCUT2D eigenvalue weighted by Crippen LogP contribution is -2.24. The minimum atomic E-state index is -0.262. The van der Waals surface area contributed by atoms with Crippen LogP contribution in [0.1, 0.15) is 17.0 Å². The van der Waals surface area contributed by atoms with Crippen LogP contribution in [0.4, 0.5) is 0 Å². The largest absolute Gasteiger partial charge is 0.360 e. The second kappa shape index (κ2) is 4.76. The summed E-state index contributed by atoms with van der Waals surface area (Å²) in [5.41, 5.74) is 1.69. The highest BCUT2D eigenvalue weighted by Crippen LogP contribution is 2.17. The SMILES string of the molecule is Cc1nn(Cc2cccc(Cl)c2)c(=O)c2noc(C)c12. The van der Waals surface area contributed by atoms with Crippen molar-refractivity contribution in [2.24, 2.45) is 0 Å². The van der Waals surface area contributed by atoms with E-state index in [2.05, 4.69) is 10.3 Å². The summed E-state index contributed by atoms with van der Waals surface area (Å²) in [6, 6.07) is 7.34. The van der Waals surface area contributed by atoms with Crippen LogP contribution in [0.5, 0.6) is 0 Å². The first-order valence-corrected chi connectivity index (χ1v) is 6.52. The van der Waals surface area contributed by atoms with Gasteiger partial charge in [0.25, 0.3) is 5.56 Å². The lowest BCUT2D eigenvalue weighted by molar-refractivity contribution is 0.405. The van der Waals surface area contributed by atoms with Gasteiger partial charge in [-0.25, -0.2) is 4.68 Å². The molecule has 6 heteroatoms. The van der Waals surface area contributed by atoms with Crippen molar-refractivity contribution in [3.05, 3.63) is 56.7 Å². The van der Waals surface area contributed by atoms with Gasteiger partial charge in [-0.2, -0.15) is 5.10 Å². The molecule has 0 aliphatic heterocycles. The average Bonchev–Trinajstić information content (AvgIpc) is 2.78. The molecule has 0 N–H and O–H groups in total. The highest BCUT2D eigenvalue weighted by molar-refractivity contribution is 6.30. The van der Waals surface area contributed by atoms with Crippen molar-refractivity contribution < 1.29 is 4.52 Å². The molecule has 3 aromatic rings. The zero-order valence-electron chi connectivity index (χ0n) is 11.1. The van der Waals surface area contributed by atoms with Gasteiger partial charge in [0.05, 0.1) is 17.6 Å². The maximum atomic E-state index is 12.3. The van der Waals surface area contributed by atoms with E-state index in [1.165, 1.54) is 4.68 Å². The number of hydrogen-bond acceptors (Lipinski definition) is 4. The molecule has 0 fully saturated rings. The Kier molecular flexibility index (Phi) is 3.06. The minimum absolute atomic E-state index is 0.262. The Balaban J connectivity index is 2.13. The number of aromatic nitrogens is 3. The van der Waals surface area contributed by atoms with E-state index in [1.54, 1.807) is 13.0 Å². The van der Waals surface area contributed by atoms with Crippen molar-refractivity contribution in [3.63, 3.8) is 0 Å². The summed E-state index contributed by atoms with van der Waals surface area (Å²) in [7, 11) is 0. The molecule has 0 atom stereocenters. The normalized spacial score (nSPS) is 11.2. The molecule has 0 unspecified atom stereocenters. The first-order valence-electron chi connectivity index (χ1n) is 6.14. The highest BCUT2D eigenvalue weighted by atomic mass is 35.5. The molecule has 0 amide bonds. The Hall–Kier alpha value is -2.14. The Labute approximate surface area is 119 Å². The highest BCUT2D eigenvalue weighted by Gasteiger charge is 2.15. The van der Waals surface area contributed by atoms with Gasteiger partial charge in [-0.1, -0.05) is 28.9 Å². The summed E-state index contributed by atoms with van der Waals surface area (Å²) in [5, 5.41) is 9.47. The van der Waals surface area contributed by atoms with Crippen LogP contribution in [0.3, 0.4) is 0 Å². The fourth-order valence-electron chi connectivity index (χ4n) is 2.26. The fraction of sp³-hybridized carbons (Fsp3) is 0.214. The Morgan fingerprint density at radius 1 is 1.35 bits per heavy atom. The summed E-state index contributed by atoms with van der Waals surface area (Å²) in [6.07, 6.45) is 0. The van der Waals surface area contributed by atoms with E-state index in [4.69, 9.17) is 16.1 Å². The van der Waals surface area contributed by atoms with Crippen LogP contribution in [0, 0.1) is 13.8 Å². The van der Waals surface area contributed by atoms with Crippen molar-refractivity contribution in [1.29, 1.82) is 0 Å². The van der Waals surface area contributed by atoms with Gasteiger partial charge in [0.15, 0.2) is 5.52 Å². The molecule has 0 saturated carbocycles. The Bertz CT molecular complexity index is 851. The molecular formula is C14H12ClN3O2. The molecule has 0 saturated heterocycles. The summed E-state index contributed by atoms with van der Waals surface area (Å²) >= 11 is 5.95. The van der Waals surface area contributed by atoms with Crippen LogP contribution >= 0.6 is 11.6 Å². The van der Waals surface area contributed by atoms with E-state index < -0.39 is 0 Å². The monoisotopic (exact) mass is 289 g/mol. The third kappa shape index (κ3) is 2.10. The molecule has 20 heavy (non-hydrogen) atoms. The van der Waals surface area contributed by atoms with Gasteiger partial charge < -0.3 is 4.52 Å². The van der Waals surface area contributed by atoms with Crippen molar-refractivity contribution in [1.82, 2.24) is 14.9 Å². The van der Waals surface area contributed by atoms with E-state index in [0.29, 0.717) is 28.2 Å². The van der Waals surface area contributed by atoms with Crippen molar-refractivity contribution in [2.75, 3.05) is 0 Å². The molecule has 2 heterocycles. The predicted octanol–water partition coefficient (Wildman–Crippen LogP) is 2.70. The molecule has 5 nitrogen and oxygen atoms in total. The molecule has 0 spiro atoms. The van der Waals surface area contributed by atoms with Crippen LogP contribution in [0.2, 0.25) is 5.02 Å². The van der Waals surface area contributed by atoms with Gasteiger partial charge in [-0.15, -0.1) is 0 Å². The van der Waals surface area contributed by atoms with Gasteiger partial charge in [0, 0.05) is 5.02 Å². The Morgan fingerprint density at radius 2 is 2.15 bits per heavy atom. The summed E-state index contributed by atoms with van der Waals surface area (Å²) in [6.45, 7) is 3.95. The summed E-state index contributed by atoms with van der Waals surface area (Å²) in [4.78, 5) is 12.3. The second-order valence-corrected chi connectivity index (χ2v) is 5.08. The van der Waals surface area contributed by atoms with Gasteiger partial charge in [0.1, 0.15) is 5.76 Å². The zero-order valence-corrected chi connectivity index (χ0v) is 11.8. The third-order valence-electron chi connectivity index (χ3n) is 3.15. The topological polar surface area (TPSA) is 60.9 Å². The molecule has 3 rings (SSSR count). The summed E-state index contributed by atoms with van der Waals surface area (Å²) < 4.78 is 6.46. The lowest BCUT2D eigenvalue weighted by Gasteiger charge is -2.06. The van der Waals surface area contributed by atoms with Crippen molar-refractivity contribution in [3.8, 4) is 0 Å². The number of nitrogens with zero attached hydrogens (tertiary/aromatic N) is 3. The van der Waals surface area contributed by atoms with E-state index in [9.17, 15) is 4.79 Å². The maximum Gasteiger partial charge on any atom is 0.297 e. The predicted molar refractivity (Wildman–Crippen MR) is 76.1 cm³/mol. The van der Waals surface area contributed by atoms with Gasteiger partial charge in [-0.05, 0) is 31.5 Å². The maximum absolute atomic E-state index is 12.3. The molecule has 102 valence electrons. The van der Waals surface area contributed by atoms with E-state index >= 15 is 0 Å². The van der Waals surface area contributed by atoms with Crippen molar-refractivity contribution in [2.45, 2.75) is 20.4 Å². The Morgan fingerprint density at radius 3 is 2.90 bits per heavy atom. The smallest absolute Gasteiger partial charge is 0.297 e. The number of hydrogen-bond donors (Lipinski definition) is 0. The van der Waals surface area contributed by atoms with Gasteiger partial charge >= 0.3 is 0 Å². The standard InChI is InChI=1S/C14H12ClN3O2/c1-8-12-9(2)20-17-13(12)14(19)18(16-8)7-10-4-3-5-11(15)6-10/h3-6H,7H2,1-2H3. The van der Waals surface area contributed by atoms with E-state index in [-0.39, 0.29) is 5.56 Å². The summed E-state index contributed by atoms with van der Waals surface area (Å²) in [5.74, 6) is 0.608. The number of aryl methyl sites for hydroxylation is 2. The zero-order chi connectivity index (χ0) is 14.3. The van der Waals surface area contributed by atoms with Gasteiger partial charge in [-0.3, -0.25) is 4.79 Å². The molecular weight excluding hydrogens is 278 g/mol. The van der Waals surface area contributed by atoms with Crippen LogP contribution < -0.4 is 5.56 Å². The van der Waals surface area contributed by atoms with Crippen LogP contribution in [-0.4, -0.2) is 14.9 Å². The number of halogens is 1. The van der Waals surface area contributed by atoms with Crippen LogP contribution in [-0.2, 0) is 6.54 Å². The molecule has 0 radical (unpaired) electrons. The van der Waals surface area contributed by atoms with Crippen molar-refractivity contribution >= 4 is 22.5 Å². The fourth-order valence-corrected chi connectivity index (χ4v) is 2.47. The molecule has 0 aliphatic rings. The quantitative estimate of drug-likeness (QED) is 0.728. The molecule has 0 aliphatic carbocycles. The molecule has 0 bridgehead atoms. The average molecular weight is 290 g/mol. The third-order valence-corrected chi connectivity index (χ3v) is 3.39. The number of benzene rings is 1. The first kappa shape index (κ1) is 12.9. The molecule has 2 aromatic heterocycles. The van der Waals surface area contributed by atoms with E-state index in [1.807, 2.05) is 25.1 Å². The first-order chi connectivity index (χ1) is 9.56. The van der Waals surface area contributed by atoms with Crippen LogP contribution in [0.15, 0.2) is 33.6 Å². The van der Waals surface area contributed by atoms with Gasteiger partial charge in [0.2, 0.25) is 0 Å². The second-order valence-electron chi connectivity index (χ2n) is 4.64. The number of rotatable bonds is 2. The van der Waals surface area contributed by atoms with E-state index in [0.717, 1.165) is 11.3 Å². The lowest BCUT2D eigenvalue weighted by atomic mass is 10.2. The molecule has 1 aromatic carbocycles. The van der Waals surface area contributed by atoms with Crippen LogP contribution in [0.25, 0.3) is 10.9 Å².